The number of nitrogens with two attached hydrogens (primary N) is 1. The van der Waals surface area contributed by atoms with Gasteiger partial charge in [0.15, 0.2) is 5.78 Å². The molecule has 0 fully saturated rings. The summed E-state index contributed by atoms with van der Waals surface area (Å²) in [6.45, 7) is 3.42. The van der Waals surface area contributed by atoms with Gasteiger partial charge in [0.25, 0.3) is 0 Å². The fourth-order valence-electron chi connectivity index (χ4n) is 1.72. The lowest BCUT2D eigenvalue weighted by atomic mass is 10.0. The molecule has 0 amide bonds. The van der Waals surface area contributed by atoms with Crippen molar-refractivity contribution in [2.45, 2.75) is 13.8 Å². The van der Waals surface area contributed by atoms with Gasteiger partial charge < -0.3 is 10.2 Å². The van der Waals surface area contributed by atoms with Gasteiger partial charge in [-0.3, -0.25) is 4.79 Å². The van der Waals surface area contributed by atoms with E-state index in [1.54, 1.807) is 19.9 Å². The summed E-state index contributed by atoms with van der Waals surface area (Å²) in [5.41, 5.74) is 6.10. The molecule has 1 aromatic carbocycles. The molecule has 0 atom stereocenters. The summed E-state index contributed by atoms with van der Waals surface area (Å²) in [5, 5.41) is 0. The van der Waals surface area contributed by atoms with Crippen molar-refractivity contribution in [2.24, 2.45) is 0 Å². The van der Waals surface area contributed by atoms with Crippen molar-refractivity contribution in [2.75, 3.05) is 5.73 Å². The maximum absolute atomic E-state index is 13.6. The average molecular weight is 233 g/mol. The van der Waals surface area contributed by atoms with E-state index in [0.717, 1.165) is 6.07 Å². The first kappa shape index (κ1) is 11.4. The summed E-state index contributed by atoms with van der Waals surface area (Å²) in [4.78, 5) is 12.1. The highest BCUT2D eigenvalue weighted by atomic mass is 19.1. The van der Waals surface area contributed by atoms with Crippen LogP contribution in [0.2, 0.25) is 0 Å². The minimum absolute atomic E-state index is 0.00287. The van der Waals surface area contributed by atoms with Crippen molar-refractivity contribution >= 4 is 11.5 Å². The van der Waals surface area contributed by atoms with Gasteiger partial charge in [0.1, 0.15) is 17.3 Å². The molecule has 0 aliphatic heterocycles. The van der Waals surface area contributed by atoms with Gasteiger partial charge in [0.05, 0.1) is 11.1 Å². The van der Waals surface area contributed by atoms with E-state index < -0.39 is 11.6 Å². The van der Waals surface area contributed by atoms with E-state index in [1.165, 1.54) is 12.1 Å². The smallest absolute Gasteiger partial charge is 0.199 e. The van der Waals surface area contributed by atoms with E-state index in [-0.39, 0.29) is 5.56 Å². The Kier molecular flexibility index (Phi) is 2.71. The second-order valence-corrected chi connectivity index (χ2v) is 3.90. The number of furan rings is 1. The van der Waals surface area contributed by atoms with Crippen molar-refractivity contribution in [3.63, 3.8) is 0 Å². The van der Waals surface area contributed by atoms with Crippen LogP contribution in [0.5, 0.6) is 0 Å². The molecule has 2 N–H and O–H groups in total. The Hall–Kier alpha value is -2.10. The third kappa shape index (κ3) is 2.06. The highest BCUT2D eigenvalue weighted by Crippen LogP contribution is 2.20. The number of hydrogen-bond acceptors (Lipinski definition) is 3. The summed E-state index contributed by atoms with van der Waals surface area (Å²) in [5.74, 6) is 0.107. The normalized spacial score (nSPS) is 10.5. The Morgan fingerprint density at radius 1 is 1.24 bits per heavy atom. The first-order chi connectivity index (χ1) is 7.99. The third-order valence-corrected chi connectivity index (χ3v) is 2.52. The lowest BCUT2D eigenvalue weighted by molar-refractivity contribution is 0.103. The fraction of sp³-hybridized carbons (Fsp3) is 0.154. The maximum atomic E-state index is 13.6. The second-order valence-electron chi connectivity index (χ2n) is 3.90. The molecule has 1 heterocycles. The SMILES string of the molecule is Cc1cc(C(=O)c2ccc(N)cc2F)c(C)o1. The number of hydrogen-bond donors (Lipinski definition) is 1. The average Bonchev–Trinajstić information content (AvgIpc) is 2.57. The molecule has 2 aromatic rings. The minimum Gasteiger partial charge on any atom is -0.466 e. The highest BCUT2D eigenvalue weighted by Gasteiger charge is 2.18. The number of benzene rings is 1. The van der Waals surface area contributed by atoms with Crippen LogP contribution in [0, 0.1) is 19.7 Å². The van der Waals surface area contributed by atoms with Gasteiger partial charge in [-0.1, -0.05) is 0 Å². The molecule has 0 aliphatic rings. The quantitative estimate of drug-likeness (QED) is 0.641. The molecule has 3 nitrogen and oxygen atoms in total. The molecule has 88 valence electrons. The maximum Gasteiger partial charge on any atom is 0.199 e. The largest absolute Gasteiger partial charge is 0.466 e. The summed E-state index contributed by atoms with van der Waals surface area (Å²) in [6, 6.07) is 5.62. The van der Waals surface area contributed by atoms with E-state index in [9.17, 15) is 9.18 Å². The van der Waals surface area contributed by atoms with Crippen LogP contribution < -0.4 is 5.73 Å². The Morgan fingerprint density at radius 3 is 2.47 bits per heavy atom. The standard InChI is InChI=1S/C13H12FNO2/c1-7-5-11(8(2)17-7)13(16)10-4-3-9(15)6-12(10)14/h3-6H,15H2,1-2H3. The number of carbonyl (C=O) groups excluding carboxylic acids is 1. The van der Waals surface area contributed by atoms with Crippen molar-refractivity contribution in [3.8, 4) is 0 Å². The molecule has 0 saturated heterocycles. The predicted octanol–water partition coefficient (Wildman–Crippen LogP) is 2.85. The van der Waals surface area contributed by atoms with Gasteiger partial charge >= 0.3 is 0 Å². The van der Waals surface area contributed by atoms with Crippen LogP contribution in [0.25, 0.3) is 0 Å². The van der Waals surface area contributed by atoms with Gasteiger partial charge in [0, 0.05) is 5.69 Å². The van der Waals surface area contributed by atoms with Crippen molar-refractivity contribution in [3.05, 3.63) is 52.7 Å². The van der Waals surface area contributed by atoms with Crippen molar-refractivity contribution in [1.29, 1.82) is 0 Å². The van der Waals surface area contributed by atoms with E-state index >= 15 is 0 Å². The van der Waals surface area contributed by atoms with Crippen LogP contribution >= 0.6 is 0 Å². The lowest BCUT2D eigenvalue weighted by Crippen LogP contribution is -2.05. The summed E-state index contributed by atoms with van der Waals surface area (Å²) in [6.07, 6.45) is 0. The highest BCUT2D eigenvalue weighted by molar-refractivity contribution is 6.10. The fourth-order valence-corrected chi connectivity index (χ4v) is 1.72. The molecule has 0 saturated carbocycles. The summed E-state index contributed by atoms with van der Waals surface area (Å²) >= 11 is 0. The number of halogens is 1. The Balaban J connectivity index is 2.47. The molecule has 0 aliphatic carbocycles. The molecule has 17 heavy (non-hydrogen) atoms. The monoisotopic (exact) mass is 233 g/mol. The zero-order valence-electron chi connectivity index (χ0n) is 9.58. The molecule has 2 rings (SSSR count). The number of nitrogen functional groups attached to an aromatic ring is 1. The summed E-state index contributed by atoms with van der Waals surface area (Å²) < 4.78 is 18.8. The van der Waals surface area contributed by atoms with E-state index in [4.69, 9.17) is 10.2 Å². The van der Waals surface area contributed by atoms with Crippen molar-refractivity contribution in [1.82, 2.24) is 0 Å². The molecule has 0 unspecified atom stereocenters. The Bertz CT molecular complexity index is 587. The predicted molar refractivity (Wildman–Crippen MR) is 62.4 cm³/mol. The lowest BCUT2D eigenvalue weighted by Gasteiger charge is -2.02. The first-order valence-electron chi connectivity index (χ1n) is 5.16. The zero-order valence-corrected chi connectivity index (χ0v) is 9.58. The molecular weight excluding hydrogens is 221 g/mol. The summed E-state index contributed by atoms with van der Waals surface area (Å²) in [7, 11) is 0. The van der Waals surface area contributed by atoms with E-state index in [0.29, 0.717) is 22.8 Å². The topological polar surface area (TPSA) is 56.2 Å². The van der Waals surface area contributed by atoms with Crippen LogP contribution in [-0.2, 0) is 0 Å². The van der Waals surface area contributed by atoms with Crippen LogP contribution in [0.15, 0.2) is 28.7 Å². The van der Waals surface area contributed by atoms with Crippen LogP contribution in [0.4, 0.5) is 10.1 Å². The molecule has 0 spiro atoms. The van der Waals surface area contributed by atoms with Gasteiger partial charge in [-0.15, -0.1) is 0 Å². The Morgan fingerprint density at radius 2 is 1.94 bits per heavy atom. The molecular formula is C13H12FNO2. The van der Waals surface area contributed by atoms with E-state index in [1.807, 2.05) is 0 Å². The number of rotatable bonds is 2. The number of anilines is 1. The first-order valence-corrected chi connectivity index (χ1v) is 5.16. The third-order valence-electron chi connectivity index (χ3n) is 2.52. The van der Waals surface area contributed by atoms with Crippen LogP contribution in [-0.4, -0.2) is 5.78 Å². The molecule has 0 bridgehead atoms. The van der Waals surface area contributed by atoms with Gasteiger partial charge in [-0.25, -0.2) is 4.39 Å². The van der Waals surface area contributed by atoms with Gasteiger partial charge in [-0.05, 0) is 38.1 Å². The van der Waals surface area contributed by atoms with E-state index in [2.05, 4.69) is 0 Å². The zero-order chi connectivity index (χ0) is 12.6. The van der Waals surface area contributed by atoms with Gasteiger partial charge in [0.2, 0.25) is 0 Å². The van der Waals surface area contributed by atoms with Crippen LogP contribution in [0.3, 0.4) is 0 Å². The van der Waals surface area contributed by atoms with Crippen molar-refractivity contribution < 1.29 is 13.6 Å². The molecule has 4 heteroatoms. The minimum atomic E-state index is -0.617. The second kappa shape index (κ2) is 4.05. The molecule has 0 radical (unpaired) electrons. The van der Waals surface area contributed by atoms with Crippen LogP contribution in [0.1, 0.15) is 27.4 Å². The Labute approximate surface area is 98.0 Å². The number of aryl methyl sites for hydroxylation is 2. The number of carbonyl (C=O) groups is 1. The van der Waals surface area contributed by atoms with Gasteiger partial charge in [-0.2, -0.15) is 0 Å². The number of ketones is 1. The molecule has 1 aromatic heterocycles.